The molecule has 0 bridgehead atoms. The number of hydrogen-bond acceptors (Lipinski definition) is 3. The fourth-order valence-corrected chi connectivity index (χ4v) is 4.43. The number of aryl methyl sites for hydroxylation is 1. The van der Waals surface area contributed by atoms with Gasteiger partial charge in [-0.2, -0.15) is 0 Å². The van der Waals surface area contributed by atoms with Gasteiger partial charge in [-0.15, -0.1) is 0 Å². The second-order valence-electron chi connectivity index (χ2n) is 8.87. The lowest BCUT2D eigenvalue weighted by atomic mass is 9.94. The first kappa shape index (κ1) is 22.3. The van der Waals surface area contributed by atoms with Gasteiger partial charge >= 0.3 is 0 Å². The molecular formula is C24H35N3O3. The zero-order chi connectivity index (χ0) is 21.7. The highest BCUT2D eigenvalue weighted by Gasteiger charge is 2.38. The van der Waals surface area contributed by atoms with Crippen LogP contribution < -0.4 is 0 Å². The normalized spacial score (nSPS) is 20.0. The zero-order valence-electron chi connectivity index (χ0n) is 18.6. The molecule has 1 aromatic rings. The highest BCUT2D eigenvalue weighted by Crippen LogP contribution is 2.26. The van der Waals surface area contributed by atoms with Crippen molar-refractivity contribution in [1.82, 2.24) is 14.7 Å². The first-order valence-corrected chi connectivity index (χ1v) is 11.3. The molecule has 0 saturated carbocycles. The van der Waals surface area contributed by atoms with E-state index in [1.807, 2.05) is 48.0 Å². The van der Waals surface area contributed by atoms with Gasteiger partial charge in [0.25, 0.3) is 0 Å². The van der Waals surface area contributed by atoms with Crippen molar-refractivity contribution in [3.63, 3.8) is 0 Å². The summed E-state index contributed by atoms with van der Waals surface area (Å²) < 4.78 is 0. The molecule has 3 rings (SSSR count). The van der Waals surface area contributed by atoms with Gasteiger partial charge < -0.3 is 14.7 Å². The van der Waals surface area contributed by atoms with Crippen LogP contribution in [0, 0.1) is 18.8 Å². The molecule has 30 heavy (non-hydrogen) atoms. The Morgan fingerprint density at radius 1 is 1.10 bits per heavy atom. The summed E-state index contributed by atoms with van der Waals surface area (Å²) in [4.78, 5) is 43.5. The number of piperidine rings is 1. The van der Waals surface area contributed by atoms with E-state index in [2.05, 4.69) is 6.92 Å². The Hall–Kier alpha value is -2.37. The summed E-state index contributed by atoms with van der Waals surface area (Å²) in [6, 6.07) is 8.17. The molecule has 0 aromatic heterocycles. The molecule has 0 aliphatic carbocycles. The van der Waals surface area contributed by atoms with Crippen LogP contribution in [0.15, 0.2) is 24.3 Å². The second kappa shape index (κ2) is 10.1. The average molecular weight is 414 g/mol. The van der Waals surface area contributed by atoms with Crippen LogP contribution >= 0.6 is 0 Å². The summed E-state index contributed by atoms with van der Waals surface area (Å²) in [5.74, 6) is 0.0778. The first-order valence-electron chi connectivity index (χ1n) is 11.3. The molecule has 6 nitrogen and oxygen atoms in total. The summed E-state index contributed by atoms with van der Waals surface area (Å²) in [6.45, 7) is 7.24. The van der Waals surface area contributed by atoms with E-state index in [1.54, 1.807) is 4.90 Å². The van der Waals surface area contributed by atoms with Gasteiger partial charge in [0.15, 0.2) is 0 Å². The fraction of sp³-hybridized carbons (Fsp3) is 0.625. The smallest absolute Gasteiger partial charge is 0.227 e. The maximum absolute atomic E-state index is 13.0. The van der Waals surface area contributed by atoms with Crippen LogP contribution in [0.25, 0.3) is 0 Å². The molecule has 6 heteroatoms. The van der Waals surface area contributed by atoms with Gasteiger partial charge in [0.05, 0.1) is 5.92 Å². The maximum Gasteiger partial charge on any atom is 0.227 e. The number of carbonyl (C=O) groups is 3. The third-order valence-corrected chi connectivity index (χ3v) is 6.44. The Labute approximate surface area is 180 Å². The van der Waals surface area contributed by atoms with E-state index >= 15 is 0 Å². The Balaban J connectivity index is 1.48. The van der Waals surface area contributed by atoms with Crippen molar-refractivity contribution in [3.05, 3.63) is 35.4 Å². The number of amides is 3. The Kier molecular flexibility index (Phi) is 7.51. The largest absolute Gasteiger partial charge is 0.346 e. The van der Waals surface area contributed by atoms with E-state index in [0.29, 0.717) is 32.6 Å². The lowest BCUT2D eigenvalue weighted by Gasteiger charge is -2.34. The minimum Gasteiger partial charge on any atom is -0.346 e. The van der Waals surface area contributed by atoms with Gasteiger partial charge in [-0.1, -0.05) is 43.2 Å². The van der Waals surface area contributed by atoms with E-state index in [0.717, 1.165) is 37.8 Å². The third kappa shape index (κ3) is 5.41. The lowest BCUT2D eigenvalue weighted by Crippen LogP contribution is -2.45. The molecule has 1 atom stereocenters. The number of likely N-dealkylation sites (tertiary alicyclic amines) is 2. The molecule has 2 heterocycles. The maximum atomic E-state index is 13.0. The van der Waals surface area contributed by atoms with Crippen molar-refractivity contribution in [3.8, 4) is 0 Å². The van der Waals surface area contributed by atoms with Crippen molar-refractivity contribution < 1.29 is 14.4 Å². The van der Waals surface area contributed by atoms with Gasteiger partial charge in [0.1, 0.15) is 0 Å². The van der Waals surface area contributed by atoms with Gasteiger partial charge in [-0.05, 0) is 31.7 Å². The van der Waals surface area contributed by atoms with Crippen LogP contribution in [0.2, 0.25) is 0 Å². The molecule has 1 aromatic carbocycles. The highest BCUT2D eigenvalue weighted by molar-refractivity contribution is 5.89. The SMILES string of the molecule is CCCCN(C)C(=O)C1CCN(C(=O)C2CC(=O)N(Cc3ccc(C)cc3)C2)CC1. The predicted octanol–water partition coefficient (Wildman–Crippen LogP) is 2.84. The van der Waals surface area contributed by atoms with Crippen molar-refractivity contribution in [2.24, 2.45) is 11.8 Å². The van der Waals surface area contributed by atoms with E-state index in [-0.39, 0.29) is 29.6 Å². The van der Waals surface area contributed by atoms with Gasteiger partial charge in [0, 0.05) is 52.1 Å². The van der Waals surface area contributed by atoms with Crippen molar-refractivity contribution >= 4 is 17.7 Å². The Morgan fingerprint density at radius 3 is 2.40 bits per heavy atom. The molecule has 1 unspecified atom stereocenters. The molecule has 3 amide bonds. The van der Waals surface area contributed by atoms with E-state index < -0.39 is 0 Å². The zero-order valence-corrected chi connectivity index (χ0v) is 18.6. The van der Waals surface area contributed by atoms with Crippen LogP contribution in [0.3, 0.4) is 0 Å². The van der Waals surface area contributed by atoms with Crippen molar-refractivity contribution in [2.45, 2.75) is 52.5 Å². The van der Waals surface area contributed by atoms with Crippen molar-refractivity contribution in [2.75, 3.05) is 33.2 Å². The summed E-state index contributed by atoms with van der Waals surface area (Å²) in [7, 11) is 1.88. The number of benzene rings is 1. The molecule has 164 valence electrons. The standard InChI is InChI=1S/C24H35N3O3/c1-4-5-12-25(3)23(29)20-10-13-26(14-11-20)24(30)21-15-22(28)27(17-21)16-19-8-6-18(2)7-9-19/h6-9,20-21H,4-5,10-17H2,1-3H3. The molecule has 2 aliphatic rings. The van der Waals surface area contributed by atoms with Crippen LogP contribution in [0.5, 0.6) is 0 Å². The monoisotopic (exact) mass is 413 g/mol. The minimum atomic E-state index is -0.262. The second-order valence-corrected chi connectivity index (χ2v) is 8.87. The highest BCUT2D eigenvalue weighted by atomic mass is 16.2. The van der Waals surface area contributed by atoms with E-state index in [9.17, 15) is 14.4 Å². The summed E-state index contributed by atoms with van der Waals surface area (Å²) in [6.07, 6.45) is 3.83. The minimum absolute atomic E-state index is 0.0131. The number of unbranched alkanes of at least 4 members (excludes halogenated alkanes) is 1. The van der Waals surface area contributed by atoms with Gasteiger partial charge in [-0.3, -0.25) is 14.4 Å². The Bertz CT molecular complexity index is 753. The number of carbonyl (C=O) groups excluding carboxylic acids is 3. The number of hydrogen-bond donors (Lipinski definition) is 0. The molecule has 2 aliphatic heterocycles. The van der Waals surface area contributed by atoms with Crippen molar-refractivity contribution in [1.29, 1.82) is 0 Å². The average Bonchev–Trinajstić information content (AvgIpc) is 3.12. The summed E-state index contributed by atoms with van der Waals surface area (Å²) in [5.41, 5.74) is 2.28. The van der Waals surface area contributed by atoms with E-state index in [4.69, 9.17) is 0 Å². The van der Waals surface area contributed by atoms with Gasteiger partial charge in [0.2, 0.25) is 17.7 Å². The van der Waals surface area contributed by atoms with Crippen LogP contribution in [0.1, 0.15) is 50.2 Å². The summed E-state index contributed by atoms with van der Waals surface area (Å²) >= 11 is 0. The number of nitrogens with zero attached hydrogens (tertiary/aromatic N) is 3. The van der Waals surface area contributed by atoms with Crippen LogP contribution in [0.4, 0.5) is 0 Å². The molecule has 0 N–H and O–H groups in total. The molecule has 0 radical (unpaired) electrons. The fourth-order valence-electron chi connectivity index (χ4n) is 4.43. The van der Waals surface area contributed by atoms with Crippen LogP contribution in [-0.4, -0.2) is 65.6 Å². The lowest BCUT2D eigenvalue weighted by molar-refractivity contribution is -0.141. The third-order valence-electron chi connectivity index (χ3n) is 6.44. The molecule has 0 spiro atoms. The molecular weight excluding hydrogens is 378 g/mol. The molecule has 2 saturated heterocycles. The quantitative estimate of drug-likeness (QED) is 0.691. The number of rotatable bonds is 7. The topological polar surface area (TPSA) is 60.9 Å². The Morgan fingerprint density at radius 2 is 1.77 bits per heavy atom. The predicted molar refractivity (Wildman–Crippen MR) is 117 cm³/mol. The van der Waals surface area contributed by atoms with Gasteiger partial charge in [-0.25, -0.2) is 0 Å². The summed E-state index contributed by atoms with van der Waals surface area (Å²) in [5, 5.41) is 0. The van der Waals surface area contributed by atoms with E-state index in [1.165, 1.54) is 5.56 Å². The van der Waals surface area contributed by atoms with Crippen LogP contribution in [-0.2, 0) is 20.9 Å². The molecule has 2 fully saturated rings. The first-order chi connectivity index (χ1) is 14.4.